The van der Waals surface area contributed by atoms with Gasteiger partial charge in [0.2, 0.25) is 0 Å². The summed E-state index contributed by atoms with van der Waals surface area (Å²) in [5.41, 5.74) is 11.5. The van der Waals surface area contributed by atoms with Crippen LogP contribution in [0, 0.1) is 0 Å². The van der Waals surface area contributed by atoms with E-state index >= 15 is 0 Å². The van der Waals surface area contributed by atoms with Crippen molar-refractivity contribution in [1.29, 1.82) is 0 Å². The van der Waals surface area contributed by atoms with Crippen molar-refractivity contribution in [2.75, 3.05) is 11.5 Å². The highest BCUT2D eigenvalue weighted by Gasteiger charge is 2.12. The Hall–Kier alpha value is -1.53. The Morgan fingerprint density at radius 3 is 2.53 bits per heavy atom. The van der Waals surface area contributed by atoms with E-state index in [-0.39, 0.29) is 5.63 Å². The maximum absolute atomic E-state index is 11.6. The molecule has 76 valence electrons. The number of nitrogens with two attached hydrogens (primary N) is 2. The van der Waals surface area contributed by atoms with Crippen molar-refractivity contribution in [3.63, 3.8) is 0 Å². The fraction of sp³-hybridized carbons (Fsp3) is 0. The summed E-state index contributed by atoms with van der Waals surface area (Å²) in [4.78, 5) is 11.6. The molecule has 3 rings (SSSR count). The van der Waals surface area contributed by atoms with Gasteiger partial charge in [-0.3, -0.25) is 0 Å². The zero-order valence-electron chi connectivity index (χ0n) is 7.44. The molecule has 0 fully saturated rings. The van der Waals surface area contributed by atoms with Gasteiger partial charge in [-0.1, -0.05) is 0 Å². The van der Waals surface area contributed by atoms with E-state index in [4.69, 9.17) is 15.9 Å². The Morgan fingerprint density at radius 1 is 1.07 bits per heavy atom. The van der Waals surface area contributed by atoms with E-state index in [0.717, 1.165) is 9.40 Å². The molecular weight excluding hydrogens is 232 g/mol. The predicted molar refractivity (Wildman–Crippen MR) is 64.6 cm³/mol. The van der Waals surface area contributed by atoms with Crippen LogP contribution in [0.25, 0.3) is 20.4 Å². The first-order chi connectivity index (χ1) is 7.15. The van der Waals surface area contributed by atoms with Crippen LogP contribution in [0.3, 0.4) is 0 Å². The van der Waals surface area contributed by atoms with Crippen molar-refractivity contribution in [3.8, 4) is 0 Å². The molecule has 4 nitrogen and oxygen atoms in total. The molecule has 15 heavy (non-hydrogen) atoms. The molecule has 0 radical (unpaired) electrons. The van der Waals surface area contributed by atoms with Gasteiger partial charge in [0.05, 0.1) is 24.8 Å². The van der Waals surface area contributed by atoms with E-state index in [1.807, 2.05) is 0 Å². The van der Waals surface area contributed by atoms with Crippen LogP contribution >= 0.6 is 22.7 Å². The largest absolute Gasteiger partial charge is 0.421 e. The van der Waals surface area contributed by atoms with Crippen LogP contribution in [0.1, 0.15) is 0 Å². The monoisotopic (exact) mass is 238 g/mol. The van der Waals surface area contributed by atoms with E-state index < -0.39 is 0 Å². The molecule has 0 aliphatic heterocycles. The first kappa shape index (κ1) is 8.75. The van der Waals surface area contributed by atoms with Crippen LogP contribution < -0.4 is 17.1 Å². The Balaban J connectivity index is 2.67. The molecule has 0 aromatic carbocycles. The average Bonchev–Trinajstić information content (AvgIpc) is 2.68. The molecule has 3 aromatic heterocycles. The predicted octanol–water partition coefficient (Wildman–Crippen LogP) is 2.23. The van der Waals surface area contributed by atoms with Crippen LogP contribution in [0.5, 0.6) is 0 Å². The number of anilines is 2. The lowest BCUT2D eigenvalue weighted by Gasteiger charge is -1.88. The second-order valence-electron chi connectivity index (χ2n) is 3.12. The quantitative estimate of drug-likeness (QED) is 0.629. The third kappa shape index (κ3) is 1.15. The Morgan fingerprint density at radius 2 is 1.73 bits per heavy atom. The molecule has 0 saturated carbocycles. The zero-order chi connectivity index (χ0) is 10.6. The maximum Gasteiger partial charge on any atom is 0.345 e. The van der Waals surface area contributed by atoms with E-state index in [0.29, 0.717) is 21.0 Å². The number of thiophene rings is 2. The molecule has 4 N–H and O–H groups in total. The third-order valence-corrected chi connectivity index (χ3v) is 4.17. The normalized spacial score (nSPS) is 11.5. The van der Waals surface area contributed by atoms with E-state index in [1.165, 1.54) is 22.7 Å². The van der Waals surface area contributed by atoms with Gasteiger partial charge in [0, 0.05) is 6.07 Å². The van der Waals surface area contributed by atoms with Crippen LogP contribution in [-0.4, -0.2) is 0 Å². The summed E-state index contributed by atoms with van der Waals surface area (Å²) in [5.74, 6) is 0. The minimum atomic E-state index is -0.358. The van der Waals surface area contributed by atoms with E-state index in [1.54, 1.807) is 12.1 Å². The smallest absolute Gasteiger partial charge is 0.345 e. The number of rotatable bonds is 0. The SMILES string of the molecule is Nc1cc2oc(=O)c3cc(N)sc3c2s1. The molecule has 0 unspecified atom stereocenters. The van der Waals surface area contributed by atoms with Crippen LogP contribution in [-0.2, 0) is 0 Å². The second-order valence-corrected chi connectivity index (χ2v) is 5.29. The minimum Gasteiger partial charge on any atom is -0.421 e. The highest BCUT2D eigenvalue weighted by atomic mass is 32.1. The summed E-state index contributed by atoms with van der Waals surface area (Å²) in [5, 5.41) is 1.77. The van der Waals surface area contributed by atoms with Crippen LogP contribution in [0.2, 0.25) is 0 Å². The third-order valence-electron chi connectivity index (χ3n) is 2.10. The van der Waals surface area contributed by atoms with Gasteiger partial charge >= 0.3 is 5.63 Å². The molecule has 0 aliphatic carbocycles. The molecule has 0 aliphatic rings. The standard InChI is InChI=1S/C9H6N2O2S2/c10-5-1-3-7(14-5)8-4(13-9(3)12)2-6(11)15-8/h1-2H,10-11H2. The first-order valence-corrected chi connectivity index (χ1v) is 5.79. The zero-order valence-corrected chi connectivity index (χ0v) is 9.08. The van der Waals surface area contributed by atoms with Gasteiger partial charge in [0.1, 0.15) is 0 Å². The summed E-state index contributed by atoms with van der Waals surface area (Å²) in [6.45, 7) is 0. The molecule has 6 heteroatoms. The Labute approximate surface area is 91.7 Å². The highest BCUT2D eigenvalue weighted by Crippen LogP contribution is 2.37. The van der Waals surface area contributed by atoms with Gasteiger partial charge in [-0.15, -0.1) is 22.7 Å². The molecule has 3 aromatic rings. The summed E-state index contributed by atoms with van der Waals surface area (Å²) in [7, 11) is 0. The lowest BCUT2D eigenvalue weighted by Crippen LogP contribution is -1.95. The second kappa shape index (κ2) is 2.74. The van der Waals surface area contributed by atoms with Crippen LogP contribution in [0.15, 0.2) is 21.3 Å². The summed E-state index contributed by atoms with van der Waals surface area (Å²) >= 11 is 2.79. The number of hydrogen-bond donors (Lipinski definition) is 2. The molecule has 0 spiro atoms. The molecule has 0 saturated heterocycles. The van der Waals surface area contributed by atoms with Crippen molar-refractivity contribution in [2.24, 2.45) is 0 Å². The Bertz CT molecular complexity index is 723. The van der Waals surface area contributed by atoms with Gasteiger partial charge in [-0.2, -0.15) is 0 Å². The van der Waals surface area contributed by atoms with Gasteiger partial charge < -0.3 is 15.9 Å². The van der Waals surface area contributed by atoms with Crippen molar-refractivity contribution in [1.82, 2.24) is 0 Å². The van der Waals surface area contributed by atoms with E-state index in [9.17, 15) is 4.79 Å². The van der Waals surface area contributed by atoms with Crippen molar-refractivity contribution >= 4 is 53.0 Å². The lowest BCUT2D eigenvalue weighted by molar-refractivity contribution is 0.571. The summed E-state index contributed by atoms with van der Waals surface area (Å²) in [6, 6.07) is 3.30. The van der Waals surface area contributed by atoms with Crippen molar-refractivity contribution < 1.29 is 4.42 Å². The molecule has 3 heterocycles. The molecule has 0 atom stereocenters. The van der Waals surface area contributed by atoms with Crippen LogP contribution in [0.4, 0.5) is 10.0 Å². The summed E-state index contributed by atoms with van der Waals surface area (Å²) in [6.07, 6.45) is 0. The van der Waals surface area contributed by atoms with Gasteiger partial charge in [0.25, 0.3) is 0 Å². The maximum atomic E-state index is 11.6. The van der Waals surface area contributed by atoms with Crippen molar-refractivity contribution in [3.05, 3.63) is 22.6 Å². The van der Waals surface area contributed by atoms with Crippen molar-refractivity contribution in [2.45, 2.75) is 0 Å². The van der Waals surface area contributed by atoms with Gasteiger partial charge in [-0.05, 0) is 6.07 Å². The first-order valence-electron chi connectivity index (χ1n) is 4.16. The number of nitrogen functional groups attached to an aromatic ring is 2. The number of fused-ring (bicyclic) bond motifs is 3. The summed E-state index contributed by atoms with van der Waals surface area (Å²) < 4.78 is 6.89. The van der Waals surface area contributed by atoms with Gasteiger partial charge in [-0.25, -0.2) is 4.79 Å². The molecule has 0 bridgehead atoms. The average molecular weight is 238 g/mol. The Kier molecular flexibility index (Phi) is 1.60. The lowest BCUT2D eigenvalue weighted by atomic mass is 10.3. The fourth-order valence-corrected chi connectivity index (χ4v) is 3.43. The topological polar surface area (TPSA) is 82.2 Å². The highest BCUT2D eigenvalue weighted by molar-refractivity contribution is 7.30. The molecule has 0 amide bonds. The van der Waals surface area contributed by atoms with Gasteiger partial charge in [0.15, 0.2) is 5.58 Å². The number of hydrogen-bond acceptors (Lipinski definition) is 6. The minimum absolute atomic E-state index is 0.358. The molecular formula is C9H6N2O2S2. The van der Waals surface area contributed by atoms with E-state index in [2.05, 4.69) is 0 Å². The fourth-order valence-electron chi connectivity index (χ4n) is 1.51.